The van der Waals surface area contributed by atoms with Crippen LogP contribution in [0.4, 0.5) is 0 Å². The van der Waals surface area contributed by atoms with Crippen LogP contribution < -0.4 is 5.32 Å². The number of aliphatic carboxylic acids is 1. The summed E-state index contributed by atoms with van der Waals surface area (Å²) in [4.78, 5) is 15.0. The highest BCUT2D eigenvalue weighted by Gasteiger charge is 2.49. The van der Waals surface area contributed by atoms with Gasteiger partial charge < -0.3 is 20.5 Å². The van der Waals surface area contributed by atoms with Crippen LogP contribution in [0.25, 0.3) is 0 Å². The topological polar surface area (TPSA) is 93.0 Å². The van der Waals surface area contributed by atoms with Gasteiger partial charge in [0.2, 0.25) is 0 Å². The van der Waals surface area contributed by atoms with E-state index in [0.29, 0.717) is 25.9 Å². The van der Waals surface area contributed by atoms with Crippen LogP contribution in [-0.2, 0) is 17.9 Å². The highest BCUT2D eigenvalue weighted by molar-refractivity contribution is 6.40. The van der Waals surface area contributed by atoms with Crippen LogP contribution in [0.15, 0.2) is 60.7 Å². The summed E-state index contributed by atoms with van der Waals surface area (Å²) >= 11 is 0. The normalized spacial score (nSPS) is 22.9. The zero-order valence-corrected chi connectivity index (χ0v) is 19.6. The zero-order chi connectivity index (χ0) is 23.7. The van der Waals surface area contributed by atoms with Crippen LogP contribution in [-0.4, -0.2) is 51.8 Å². The molecule has 0 heterocycles. The average Bonchev–Trinajstić information content (AvgIpc) is 2.80. The maximum Gasteiger partial charge on any atom is 0.451 e. The van der Waals surface area contributed by atoms with Gasteiger partial charge in [-0.25, -0.2) is 0 Å². The lowest BCUT2D eigenvalue weighted by atomic mass is 9.65. The fourth-order valence-electron chi connectivity index (χ4n) is 5.34. The Hall–Kier alpha value is -2.19. The molecule has 0 bridgehead atoms. The molecule has 1 fully saturated rings. The molecule has 0 unspecified atom stereocenters. The lowest BCUT2D eigenvalue weighted by Gasteiger charge is -2.46. The van der Waals surface area contributed by atoms with Crippen molar-refractivity contribution >= 4 is 13.1 Å². The van der Waals surface area contributed by atoms with Gasteiger partial charge in [0.05, 0.1) is 0 Å². The Kier molecular flexibility index (Phi) is 9.50. The van der Waals surface area contributed by atoms with Crippen molar-refractivity contribution in [2.75, 3.05) is 13.1 Å². The van der Waals surface area contributed by atoms with E-state index in [9.17, 15) is 19.9 Å². The van der Waals surface area contributed by atoms with Gasteiger partial charge in [0.25, 0.3) is 0 Å². The van der Waals surface area contributed by atoms with E-state index in [2.05, 4.69) is 34.5 Å². The molecule has 1 aliphatic carbocycles. The van der Waals surface area contributed by atoms with Crippen molar-refractivity contribution in [2.45, 2.75) is 57.6 Å². The Morgan fingerprint density at radius 3 is 2.09 bits per heavy atom. The monoisotopic (exact) mass is 452 g/mol. The van der Waals surface area contributed by atoms with Gasteiger partial charge in [-0.05, 0) is 49.2 Å². The van der Waals surface area contributed by atoms with Crippen LogP contribution in [0, 0.1) is 11.8 Å². The van der Waals surface area contributed by atoms with E-state index in [0.717, 1.165) is 25.9 Å². The second kappa shape index (κ2) is 12.3. The van der Waals surface area contributed by atoms with Crippen molar-refractivity contribution in [3.63, 3.8) is 0 Å². The van der Waals surface area contributed by atoms with Gasteiger partial charge in [-0.2, -0.15) is 0 Å². The Labute approximate surface area is 197 Å². The summed E-state index contributed by atoms with van der Waals surface area (Å²) in [6.07, 6.45) is 3.12. The van der Waals surface area contributed by atoms with E-state index in [1.54, 1.807) is 0 Å². The maximum atomic E-state index is 12.7. The van der Waals surface area contributed by atoms with Crippen LogP contribution in [0.1, 0.15) is 43.7 Å². The van der Waals surface area contributed by atoms with Crippen molar-refractivity contribution < 1.29 is 19.9 Å². The third-order valence-electron chi connectivity index (χ3n) is 6.91. The Bertz CT molecular complexity index is 810. The van der Waals surface area contributed by atoms with Crippen LogP contribution in [0.2, 0.25) is 6.32 Å². The minimum absolute atomic E-state index is 0.0438. The predicted octanol–water partition coefficient (Wildman–Crippen LogP) is 3.40. The van der Waals surface area contributed by atoms with E-state index in [4.69, 9.17) is 0 Å². The maximum absolute atomic E-state index is 12.7. The molecule has 1 saturated carbocycles. The molecule has 0 amide bonds. The first-order chi connectivity index (χ1) is 15.9. The minimum Gasteiger partial charge on any atom is -0.480 e. The van der Waals surface area contributed by atoms with Crippen molar-refractivity contribution in [3.8, 4) is 0 Å². The first-order valence-electron chi connectivity index (χ1n) is 12.1. The fourth-order valence-corrected chi connectivity index (χ4v) is 5.34. The molecule has 2 aromatic rings. The number of nitrogens with one attached hydrogen (secondary N) is 1. The highest BCUT2D eigenvalue weighted by atomic mass is 16.4. The lowest BCUT2D eigenvalue weighted by Crippen LogP contribution is -2.62. The van der Waals surface area contributed by atoms with E-state index < -0.39 is 18.6 Å². The summed E-state index contributed by atoms with van der Waals surface area (Å²) < 4.78 is 0. The molecule has 6 nitrogen and oxygen atoms in total. The van der Waals surface area contributed by atoms with E-state index in [1.807, 2.05) is 43.3 Å². The summed E-state index contributed by atoms with van der Waals surface area (Å²) in [5, 5.41) is 32.3. The number of carboxylic acid groups (broad SMARTS) is 1. The number of rotatable bonds is 12. The van der Waals surface area contributed by atoms with Gasteiger partial charge >= 0.3 is 13.1 Å². The Morgan fingerprint density at radius 2 is 1.61 bits per heavy atom. The molecule has 7 heteroatoms. The molecular formula is C26H37BN2O4. The Morgan fingerprint density at radius 1 is 1.03 bits per heavy atom. The number of benzene rings is 2. The lowest BCUT2D eigenvalue weighted by molar-refractivity contribution is -0.151. The molecule has 3 rings (SSSR count). The van der Waals surface area contributed by atoms with Crippen LogP contribution >= 0.6 is 0 Å². The molecule has 33 heavy (non-hydrogen) atoms. The van der Waals surface area contributed by atoms with Crippen LogP contribution in [0.3, 0.4) is 0 Å². The van der Waals surface area contributed by atoms with Gasteiger partial charge in [-0.15, -0.1) is 0 Å². The third-order valence-corrected chi connectivity index (χ3v) is 6.91. The molecule has 0 aromatic heterocycles. The van der Waals surface area contributed by atoms with Gasteiger partial charge in [0, 0.05) is 25.6 Å². The number of hydrogen-bond acceptors (Lipinski definition) is 5. The van der Waals surface area contributed by atoms with Gasteiger partial charge in [-0.1, -0.05) is 74.0 Å². The zero-order valence-electron chi connectivity index (χ0n) is 19.6. The van der Waals surface area contributed by atoms with Gasteiger partial charge in [0.1, 0.15) is 5.54 Å². The third kappa shape index (κ3) is 7.15. The molecule has 3 atom stereocenters. The molecular weight excluding hydrogens is 415 g/mol. The number of carboxylic acids is 1. The molecule has 0 radical (unpaired) electrons. The summed E-state index contributed by atoms with van der Waals surface area (Å²) in [6, 6.07) is 20.6. The molecule has 0 spiro atoms. The van der Waals surface area contributed by atoms with Crippen molar-refractivity contribution in [3.05, 3.63) is 71.8 Å². The van der Waals surface area contributed by atoms with E-state index >= 15 is 0 Å². The molecule has 2 aromatic carbocycles. The van der Waals surface area contributed by atoms with Crippen molar-refractivity contribution in [1.82, 2.24) is 10.2 Å². The summed E-state index contributed by atoms with van der Waals surface area (Å²) in [7, 11) is -1.34. The van der Waals surface area contributed by atoms with Gasteiger partial charge in [0.15, 0.2) is 0 Å². The minimum atomic E-state index is -1.34. The first-order valence-corrected chi connectivity index (χ1v) is 12.1. The van der Waals surface area contributed by atoms with Crippen molar-refractivity contribution in [2.24, 2.45) is 11.8 Å². The highest BCUT2D eigenvalue weighted by Crippen LogP contribution is 2.40. The fraction of sp³-hybridized carbons (Fsp3) is 0.500. The van der Waals surface area contributed by atoms with E-state index in [1.165, 1.54) is 11.1 Å². The average molecular weight is 452 g/mol. The summed E-state index contributed by atoms with van der Waals surface area (Å²) in [5.41, 5.74) is 1.41. The second-order valence-corrected chi connectivity index (χ2v) is 9.35. The molecule has 4 N–H and O–H groups in total. The molecule has 1 aliphatic rings. The Balaban J connectivity index is 1.82. The second-order valence-electron chi connectivity index (χ2n) is 9.35. The smallest absolute Gasteiger partial charge is 0.451 e. The van der Waals surface area contributed by atoms with Crippen molar-refractivity contribution in [1.29, 1.82) is 0 Å². The SMILES string of the molecule is CCN[C@]1(C(=O)O)C[C@H](CCB(O)O)CC[C@H]1CN(Cc1ccccc1)Cc1ccccc1. The first kappa shape index (κ1) is 25.4. The molecule has 178 valence electrons. The largest absolute Gasteiger partial charge is 0.480 e. The predicted molar refractivity (Wildman–Crippen MR) is 131 cm³/mol. The summed E-state index contributed by atoms with van der Waals surface area (Å²) in [5.74, 6) is -0.685. The van der Waals surface area contributed by atoms with Crippen LogP contribution in [0.5, 0.6) is 0 Å². The molecule has 0 saturated heterocycles. The number of nitrogens with zero attached hydrogens (tertiary/aromatic N) is 1. The molecule has 0 aliphatic heterocycles. The van der Waals surface area contributed by atoms with E-state index in [-0.39, 0.29) is 18.2 Å². The standard InChI is InChI=1S/C26H37BN2O4/c1-2-28-26(25(30)31)17-21(15-16-27(32)33)13-14-24(26)20-29(18-22-9-5-3-6-10-22)19-23-11-7-4-8-12-23/h3-12,21,24,28,32-33H,2,13-20H2,1H3,(H,30,31)/t21-,24-,26+/m0/s1. The number of hydrogen-bond donors (Lipinski definition) is 4. The summed E-state index contributed by atoms with van der Waals surface area (Å²) in [6.45, 7) is 4.73. The number of carbonyl (C=O) groups is 1. The van der Waals surface area contributed by atoms with Gasteiger partial charge in [-0.3, -0.25) is 9.69 Å². The quantitative estimate of drug-likeness (QED) is 0.369. The number of likely N-dealkylation sites (N-methyl/N-ethyl adjacent to an activating group) is 1.